The van der Waals surface area contributed by atoms with E-state index in [1.807, 2.05) is 12.1 Å². The molecule has 0 aromatic heterocycles. The summed E-state index contributed by atoms with van der Waals surface area (Å²) in [4.78, 5) is 0. The van der Waals surface area contributed by atoms with Crippen LogP contribution in [0.4, 0.5) is 4.39 Å². The van der Waals surface area contributed by atoms with Gasteiger partial charge in [0, 0.05) is 6.04 Å². The molecule has 0 aliphatic heterocycles. The van der Waals surface area contributed by atoms with E-state index in [0.717, 1.165) is 18.4 Å². The van der Waals surface area contributed by atoms with Gasteiger partial charge in [0.1, 0.15) is 5.82 Å². The number of nitrogens with one attached hydrogen (secondary N) is 1. The lowest BCUT2D eigenvalue weighted by molar-refractivity contribution is 0.185. The second kappa shape index (κ2) is 6.33. The number of hydrogen-bond donors (Lipinski definition) is 2. The van der Waals surface area contributed by atoms with Crippen LogP contribution in [-0.2, 0) is 6.42 Å². The highest BCUT2D eigenvalue weighted by atomic mass is 79.9. The molecule has 0 radical (unpaired) electrons. The summed E-state index contributed by atoms with van der Waals surface area (Å²) < 4.78 is 13.8. The van der Waals surface area contributed by atoms with Crippen molar-refractivity contribution in [2.24, 2.45) is 11.3 Å². The zero-order chi connectivity index (χ0) is 13.9. The topological polar surface area (TPSA) is 38.0 Å². The van der Waals surface area contributed by atoms with Crippen LogP contribution in [0.2, 0.25) is 0 Å². The van der Waals surface area contributed by atoms with Gasteiger partial charge < -0.3 is 0 Å². The fourth-order valence-corrected chi connectivity index (χ4v) is 3.81. The summed E-state index contributed by atoms with van der Waals surface area (Å²) in [5, 5.41) is 0. The third-order valence-electron chi connectivity index (χ3n) is 4.67. The Kier molecular flexibility index (Phi) is 4.98. The molecule has 0 saturated heterocycles. The van der Waals surface area contributed by atoms with Gasteiger partial charge in [-0.25, -0.2) is 4.39 Å². The molecule has 1 aliphatic carbocycles. The largest absolute Gasteiger partial charge is 0.271 e. The van der Waals surface area contributed by atoms with Crippen molar-refractivity contribution in [1.82, 2.24) is 5.43 Å². The van der Waals surface area contributed by atoms with Crippen LogP contribution in [0.15, 0.2) is 22.7 Å². The van der Waals surface area contributed by atoms with Gasteiger partial charge in [-0.15, -0.1) is 0 Å². The SMILES string of the molecule is CCC1(C(Cc2ccc(F)c(Br)c2)NN)CCCC1. The lowest BCUT2D eigenvalue weighted by atomic mass is 9.74. The summed E-state index contributed by atoms with van der Waals surface area (Å²) in [6.45, 7) is 2.25. The smallest absolute Gasteiger partial charge is 0.137 e. The van der Waals surface area contributed by atoms with Gasteiger partial charge in [-0.2, -0.15) is 0 Å². The van der Waals surface area contributed by atoms with Crippen molar-refractivity contribution in [2.75, 3.05) is 0 Å². The first kappa shape index (κ1) is 14.9. The van der Waals surface area contributed by atoms with E-state index in [4.69, 9.17) is 5.84 Å². The normalized spacial score (nSPS) is 19.6. The first-order chi connectivity index (χ1) is 9.11. The van der Waals surface area contributed by atoms with Gasteiger partial charge >= 0.3 is 0 Å². The Labute approximate surface area is 123 Å². The number of nitrogens with two attached hydrogens (primary N) is 1. The highest BCUT2D eigenvalue weighted by molar-refractivity contribution is 9.10. The molecule has 0 heterocycles. The maximum absolute atomic E-state index is 13.3. The van der Waals surface area contributed by atoms with Crippen LogP contribution in [0.5, 0.6) is 0 Å². The molecular weight excluding hydrogens is 307 g/mol. The van der Waals surface area contributed by atoms with Crippen LogP contribution in [0.1, 0.15) is 44.6 Å². The fraction of sp³-hybridized carbons (Fsp3) is 0.600. The number of benzene rings is 1. The lowest BCUT2D eigenvalue weighted by Crippen LogP contribution is -2.48. The monoisotopic (exact) mass is 328 g/mol. The van der Waals surface area contributed by atoms with E-state index in [0.29, 0.717) is 9.89 Å². The summed E-state index contributed by atoms with van der Waals surface area (Å²) in [6.07, 6.45) is 7.05. The molecule has 2 nitrogen and oxygen atoms in total. The van der Waals surface area contributed by atoms with E-state index >= 15 is 0 Å². The highest BCUT2D eigenvalue weighted by Gasteiger charge is 2.39. The summed E-state index contributed by atoms with van der Waals surface area (Å²) in [6, 6.07) is 5.48. The molecule has 1 unspecified atom stereocenters. The van der Waals surface area contributed by atoms with Crippen molar-refractivity contribution in [3.63, 3.8) is 0 Å². The molecule has 0 amide bonds. The predicted octanol–water partition coefficient (Wildman–Crippen LogP) is 3.93. The van der Waals surface area contributed by atoms with E-state index in [2.05, 4.69) is 28.3 Å². The van der Waals surface area contributed by atoms with Gasteiger partial charge in [0.05, 0.1) is 4.47 Å². The van der Waals surface area contributed by atoms with Gasteiger partial charge in [0.2, 0.25) is 0 Å². The molecular formula is C15H22BrFN2. The summed E-state index contributed by atoms with van der Waals surface area (Å²) in [5.74, 6) is 5.58. The van der Waals surface area contributed by atoms with Crippen LogP contribution in [-0.4, -0.2) is 6.04 Å². The Morgan fingerprint density at radius 3 is 2.63 bits per heavy atom. The Balaban J connectivity index is 2.16. The van der Waals surface area contributed by atoms with Crippen molar-refractivity contribution in [2.45, 2.75) is 51.5 Å². The van der Waals surface area contributed by atoms with Crippen molar-refractivity contribution in [3.8, 4) is 0 Å². The van der Waals surface area contributed by atoms with E-state index in [1.165, 1.54) is 31.7 Å². The second-order valence-corrected chi connectivity index (χ2v) is 6.45. The summed E-state index contributed by atoms with van der Waals surface area (Å²) in [5.41, 5.74) is 4.43. The highest BCUT2D eigenvalue weighted by Crippen LogP contribution is 2.44. The van der Waals surface area contributed by atoms with Crippen LogP contribution < -0.4 is 11.3 Å². The molecule has 1 atom stereocenters. The number of hydrogen-bond acceptors (Lipinski definition) is 2. The summed E-state index contributed by atoms with van der Waals surface area (Å²) in [7, 11) is 0. The van der Waals surface area contributed by atoms with Gasteiger partial charge in [-0.1, -0.05) is 25.8 Å². The lowest BCUT2D eigenvalue weighted by Gasteiger charge is -2.36. The van der Waals surface area contributed by atoms with E-state index < -0.39 is 0 Å². The maximum atomic E-state index is 13.3. The third kappa shape index (κ3) is 3.18. The Morgan fingerprint density at radius 1 is 1.42 bits per heavy atom. The Bertz CT molecular complexity index is 430. The van der Waals surface area contributed by atoms with Crippen LogP contribution in [0, 0.1) is 11.2 Å². The molecule has 1 aromatic rings. The zero-order valence-corrected chi connectivity index (χ0v) is 13.0. The van der Waals surface area contributed by atoms with E-state index in [-0.39, 0.29) is 11.9 Å². The molecule has 0 spiro atoms. The van der Waals surface area contributed by atoms with Gasteiger partial charge in [-0.3, -0.25) is 11.3 Å². The van der Waals surface area contributed by atoms with E-state index in [9.17, 15) is 4.39 Å². The average molecular weight is 329 g/mol. The average Bonchev–Trinajstić information content (AvgIpc) is 2.90. The molecule has 2 rings (SSSR count). The molecule has 4 heteroatoms. The molecule has 106 valence electrons. The molecule has 1 saturated carbocycles. The molecule has 0 bridgehead atoms. The van der Waals surface area contributed by atoms with E-state index in [1.54, 1.807) is 0 Å². The van der Waals surface area contributed by atoms with Crippen LogP contribution >= 0.6 is 15.9 Å². The van der Waals surface area contributed by atoms with Gasteiger partial charge in [0.15, 0.2) is 0 Å². The van der Waals surface area contributed by atoms with Crippen molar-refractivity contribution < 1.29 is 4.39 Å². The molecule has 19 heavy (non-hydrogen) atoms. The van der Waals surface area contributed by atoms with Crippen LogP contribution in [0.3, 0.4) is 0 Å². The Morgan fingerprint density at radius 2 is 2.11 bits per heavy atom. The molecule has 1 aromatic carbocycles. The molecule has 1 fully saturated rings. The molecule has 1 aliphatic rings. The minimum atomic E-state index is -0.216. The van der Waals surface area contributed by atoms with Crippen molar-refractivity contribution >= 4 is 15.9 Å². The first-order valence-corrected chi connectivity index (χ1v) is 7.80. The van der Waals surface area contributed by atoms with Gasteiger partial charge in [0.25, 0.3) is 0 Å². The second-order valence-electron chi connectivity index (χ2n) is 5.59. The predicted molar refractivity (Wildman–Crippen MR) is 80.1 cm³/mol. The van der Waals surface area contributed by atoms with Gasteiger partial charge in [-0.05, 0) is 64.7 Å². The summed E-state index contributed by atoms with van der Waals surface area (Å²) >= 11 is 3.25. The first-order valence-electron chi connectivity index (χ1n) is 7.01. The fourth-order valence-electron chi connectivity index (χ4n) is 3.38. The maximum Gasteiger partial charge on any atom is 0.137 e. The standard InChI is InChI=1S/C15H22BrFN2/c1-2-15(7-3-4-8-15)14(19-18)10-11-5-6-13(17)12(16)9-11/h5-6,9,14,19H,2-4,7-8,10,18H2,1H3. The minimum absolute atomic E-state index is 0.216. The number of rotatable bonds is 5. The van der Waals surface area contributed by atoms with Crippen molar-refractivity contribution in [1.29, 1.82) is 0 Å². The number of hydrazine groups is 1. The molecule has 3 N–H and O–H groups in total. The third-order valence-corrected chi connectivity index (χ3v) is 5.28. The van der Waals surface area contributed by atoms with Crippen LogP contribution in [0.25, 0.3) is 0 Å². The Hall–Kier alpha value is -0.450. The number of halogens is 2. The van der Waals surface area contributed by atoms with Crippen molar-refractivity contribution in [3.05, 3.63) is 34.1 Å². The zero-order valence-electron chi connectivity index (χ0n) is 11.4. The minimum Gasteiger partial charge on any atom is -0.271 e. The quantitative estimate of drug-likeness (QED) is 0.634.